The fourth-order valence-corrected chi connectivity index (χ4v) is 4.52. The van der Waals surface area contributed by atoms with Crippen molar-refractivity contribution >= 4 is 34.0 Å². The molecular weight excluding hydrogens is 338 g/mol. The fourth-order valence-electron chi connectivity index (χ4n) is 3.04. The van der Waals surface area contributed by atoms with Gasteiger partial charge in [0.05, 0.1) is 11.2 Å². The van der Waals surface area contributed by atoms with E-state index >= 15 is 0 Å². The lowest BCUT2D eigenvalue weighted by Crippen LogP contribution is -1.96. The number of nitrogens with zero attached hydrogens (tertiary/aromatic N) is 2. The highest BCUT2D eigenvalue weighted by atomic mass is 35.5. The van der Waals surface area contributed by atoms with E-state index in [1.165, 1.54) is 16.1 Å². The van der Waals surface area contributed by atoms with Gasteiger partial charge in [0.25, 0.3) is 0 Å². The van der Waals surface area contributed by atoms with Gasteiger partial charge in [0, 0.05) is 10.4 Å². The van der Waals surface area contributed by atoms with Crippen molar-refractivity contribution in [1.29, 1.82) is 0 Å². The molecule has 128 valence electrons. The summed E-state index contributed by atoms with van der Waals surface area (Å²) in [5.41, 5.74) is 5.49. The number of fused-ring (bicyclic) bond motifs is 1. The monoisotopic (exact) mass is 361 g/mol. The molecule has 3 rings (SSSR count). The highest BCUT2D eigenvalue weighted by Gasteiger charge is 2.22. The van der Waals surface area contributed by atoms with Crippen LogP contribution in [0.25, 0.3) is 21.6 Å². The molecule has 0 spiro atoms. The van der Waals surface area contributed by atoms with Gasteiger partial charge in [0.15, 0.2) is 0 Å². The van der Waals surface area contributed by atoms with Crippen LogP contribution >= 0.6 is 22.9 Å². The normalized spacial score (nSPS) is 12.2. The Morgan fingerprint density at radius 1 is 0.958 bits per heavy atom. The van der Waals surface area contributed by atoms with Crippen LogP contribution in [0.1, 0.15) is 75.4 Å². The van der Waals surface area contributed by atoms with Crippen molar-refractivity contribution in [1.82, 2.24) is 15.0 Å². The summed E-state index contributed by atoms with van der Waals surface area (Å²) in [6, 6.07) is 4.23. The predicted molar refractivity (Wildman–Crippen MR) is 104 cm³/mol. The number of aromatic amines is 1. The van der Waals surface area contributed by atoms with Gasteiger partial charge in [-0.15, -0.1) is 11.3 Å². The highest BCUT2D eigenvalue weighted by Crippen LogP contribution is 2.41. The van der Waals surface area contributed by atoms with E-state index in [-0.39, 0.29) is 0 Å². The number of rotatable bonds is 4. The van der Waals surface area contributed by atoms with Crippen LogP contribution in [-0.4, -0.2) is 15.0 Å². The summed E-state index contributed by atoms with van der Waals surface area (Å²) in [6.07, 6.45) is 0. The molecule has 1 N–H and O–H groups in total. The van der Waals surface area contributed by atoms with Gasteiger partial charge in [-0.05, 0) is 41.0 Å². The Morgan fingerprint density at radius 2 is 1.67 bits per heavy atom. The molecule has 3 aromatic rings. The van der Waals surface area contributed by atoms with Crippen molar-refractivity contribution in [3.63, 3.8) is 0 Å². The lowest BCUT2D eigenvalue weighted by molar-refractivity contribution is 0.781. The first-order valence-corrected chi connectivity index (χ1v) is 9.68. The molecule has 3 nitrogen and oxygen atoms in total. The van der Waals surface area contributed by atoms with Crippen molar-refractivity contribution in [3.8, 4) is 10.6 Å². The van der Waals surface area contributed by atoms with E-state index in [2.05, 4.69) is 63.6 Å². The molecule has 0 saturated heterocycles. The minimum Gasteiger partial charge on any atom is -0.329 e. The summed E-state index contributed by atoms with van der Waals surface area (Å²) in [7, 11) is 0. The first-order valence-electron chi connectivity index (χ1n) is 8.48. The molecule has 0 aliphatic rings. The van der Waals surface area contributed by atoms with Crippen molar-refractivity contribution in [3.05, 3.63) is 33.6 Å². The van der Waals surface area contributed by atoms with Crippen molar-refractivity contribution in [2.45, 2.75) is 59.3 Å². The number of thiazole rings is 1. The molecule has 2 aromatic heterocycles. The summed E-state index contributed by atoms with van der Waals surface area (Å²) in [6.45, 7) is 13.3. The largest absolute Gasteiger partial charge is 0.329 e. The Bertz CT molecular complexity index is 849. The molecule has 2 heterocycles. The Balaban J connectivity index is 2.32. The second-order valence-electron chi connectivity index (χ2n) is 7.19. The third-order valence-electron chi connectivity index (χ3n) is 4.25. The number of aromatic nitrogens is 3. The smallest absolute Gasteiger partial charge is 0.201 e. The summed E-state index contributed by atoms with van der Waals surface area (Å²) >= 11 is 7.92. The van der Waals surface area contributed by atoms with E-state index in [0.717, 1.165) is 21.6 Å². The van der Waals surface area contributed by atoms with E-state index in [0.29, 0.717) is 23.0 Å². The minimum atomic E-state index is 0.397. The summed E-state index contributed by atoms with van der Waals surface area (Å²) in [5, 5.41) is 1.48. The standard InChI is InChI=1S/C19H24ClN3S/c1-9(2)12-7-8-13-16(23-19(20)21-13)14(12)18-22-15(10(3)4)17(24-18)11(5)6/h7-11H,1-6H3,(H,21,23). The van der Waals surface area contributed by atoms with Gasteiger partial charge < -0.3 is 4.98 Å². The summed E-state index contributed by atoms with van der Waals surface area (Å²) in [4.78, 5) is 14.1. The first-order chi connectivity index (χ1) is 11.3. The number of benzene rings is 1. The zero-order valence-corrected chi connectivity index (χ0v) is 16.6. The van der Waals surface area contributed by atoms with Gasteiger partial charge in [0.1, 0.15) is 10.5 Å². The summed E-state index contributed by atoms with van der Waals surface area (Å²) in [5.74, 6) is 1.28. The molecule has 5 heteroatoms. The number of halogens is 1. The number of hydrogen-bond acceptors (Lipinski definition) is 3. The Labute approximate surface area is 152 Å². The topological polar surface area (TPSA) is 41.6 Å². The molecule has 24 heavy (non-hydrogen) atoms. The molecule has 0 bridgehead atoms. The third-order valence-corrected chi connectivity index (χ3v) is 5.81. The Morgan fingerprint density at radius 3 is 2.21 bits per heavy atom. The molecule has 0 aliphatic carbocycles. The van der Waals surface area contributed by atoms with Gasteiger partial charge in [0.2, 0.25) is 5.28 Å². The molecular formula is C19H24ClN3S. The van der Waals surface area contributed by atoms with E-state index in [4.69, 9.17) is 16.6 Å². The maximum atomic E-state index is 6.13. The zero-order valence-electron chi connectivity index (χ0n) is 15.1. The molecule has 0 atom stereocenters. The maximum Gasteiger partial charge on any atom is 0.201 e. The fraction of sp³-hybridized carbons (Fsp3) is 0.474. The van der Waals surface area contributed by atoms with Crippen LogP contribution in [0.4, 0.5) is 0 Å². The number of hydrogen-bond donors (Lipinski definition) is 1. The van der Waals surface area contributed by atoms with Crippen molar-refractivity contribution < 1.29 is 0 Å². The molecule has 0 amide bonds. The molecule has 0 unspecified atom stereocenters. The average Bonchev–Trinajstić information content (AvgIpc) is 3.08. The van der Waals surface area contributed by atoms with Crippen LogP contribution in [-0.2, 0) is 0 Å². The van der Waals surface area contributed by atoms with E-state index in [9.17, 15) is 0 Å². The van der Waals surface area contributed by atoms with Crippen LogP contribution < -0.4 is 0 Å². The number of imidazole rings is 1. The zero-order chi connectivity index (χ0) is 17.6. The van der Waals surface area contributed by atoms with Crippen molar-refractivity contribution in [2.75, 3.05) is 0 Å². The minimum absolute atomic E-state index is 0.397. The van der Waals surface area contributed by atoms with Crippen LogP contribution in [0.3, 0.4) is 0 Å². The summed E-state index contributed by atoms with van der Waals surface area (Å²) < 4.78 is 0. The van der Waals surface area contributed by atoms with E-state index in [1.54, 1.807) is 11.3 Å². The predicted octanol–water partition coefficient (Wildman–Crippen LogP) is 6.71. The molecule has 0 aliphatic heterocycles. The molecule has 0 radical (unpaired) electrons. The van der Waals surface area contributed by atoms with Crippen LogP contribution in [0.2, 0.25) is 5.28 Å². The number of nitrogens with one attached hydrogen (secondary N) is 1. The van der Waals surface area contributed by atoms with Crippen LogP contribution in [0.5, 0.6) is 0 Å². The van der Waals surface area contributed by atoms with Crippen molar-refractivity contribution in [2.24, 2.45) is 0 Å². The second-order valence-corrected chi connectivity index (χ2v) is 8.57. The van der Waals surface area contributed by atoms with Gasteiger partial charge in [-0.3, -0.25) is 0 Å². The van der Waals surface area contributed by atoms with Crippen LogP contribution in [0, 0.1) is 0 Å². The molecule has 0 fully saturated rings. The van der Waals surface area contributed by atoms with Gasteiger partial charge in [-0.1, -0.05) is 47.6 Å². The quantitative estimate of drug-likeness (QED) is 0.561. The molecule has 0 saturated carbocycles. The van der Waals surface area contributed by atoms with E-state index < -0.39 is 0 Å². The third kappa shape index (κ3) is 2.98. The lowest BCUT2D eigenvalue weighted by Gasteiger charge is -2.11. The van der Waals surface area contributed by atoms with Gasteiger partial charge in [-0.25, -0.2) is 9.97 Å². The molecule has 1 aromatic carbocycles. The van der Waals surface area contributed by atoms with E-state index in [1.807, 2.05) is 0 Å². The Kier molecular flexibility index (Phi) is 4.71. The number of H-pyrrole nitrogens is 1. The van der Waals surface area contributed by atoms with Crippen LogP contribution in [0.15, 0.2) is 12.1 Å². The Hall–Kier alpha value is -1.39. The lowest BCUT2D eigenvalue weighted by atomic mass is 9.96. The second kappa shape index (κ2) is 6.49. The average molecular weight is 362 g/mol. The SMILES string of the molecule is CC(C)c1ccc2[nH]c(Cl)nc2c1-c1nc(C(C)C)c(C(C)C)s1. The van der Waals surface area contributed by atoms with Gasteiger partial charge >= 0.3 is 0 Å². The van der Waals surface area contributed by atoms with Gasteiger partial charge in [-0.2, -0.15) is 0 Å². The maximum absolute atomic E-state index is 6.13. The first kappa shape index (κ1) is 17.4. The highest BCUT2D eigenvalue weighted by molar-refractivity contribution is 7.15.